The SMILES string of the molecule is CC[C@@H]1Oc2cc(S(=O)(=O)N3CCC[C@H](C(=O)N[C@@H](C)Cc4ccco4)C3)c(C)cc2NC1=O. The van der Waals surface area contributed by atoms with Crippen LogP contribution in [0.3, 0.4) is 0 Å². The number of carbonyl (C=O) groups excluding carboxylic acids is 2. The Morgan fingerprint density at radius 3 is 2.85 bits per heavy atom. The number of sulfonamides is 1. The van der Waals surface area contributed by atoms with E-state index in [4.69, 9.17) is 9.15 Å². The van der Waals surface area contributed by atoms with Gasteiger partial charge in [0.05, 0.1) is 22.8 Å². The van der Waals surface area contributed by atoms with E-state index < -0.39 is 22.0 Å². The van der Waals surface area contributed by atoms with Crippen molar-refractivity contribution in [2.45, 2.75) is 63.5 Å². The largest absolute Gasteiger partial charge is 0.478 e. The van der Waals surface area contributed by atoms with Crippen LogP contribution in [-0.2, 0) is 26.0 Å². The van der Waals surface area contributed by atoms with Gasteiger partial charge in [0.1, 0.15) is 11.5 Å². The number of anilines is 1. The number of nitrogens with one attached hydrogen (secondary N) is 2. The Balaban J connectivity index is 1.48. The van der Waals surface area contributed by atoms with Crippen molar-refractivity contribution in [1.29, 1.82) is 0 Å². The summed E-state index contributed by atoms with van der Waals surface area (Å²) in [5, 5.41) is 5.77. The summed E-state index contributed by atoms with van der Waals surface area (Å²) in [5.41, 5.74) is 0.976. The second-order valence-electron chi connectivity index (χ2n) is 9.01. The molecule has 0 unspecified atom stereocenters. The maximum atomic E-state index is 13.6. The summed E-state index contributed by atoms with van der Waals surface area (Å²) in [6.07, 6.45) is 3.20. The van der Waals surface area contributed by atoms with Gasteiger partial charge in [-0.25, -0.2) is 8.42 Å². The number of benzene rings is 1. The molecule has 9 nitrogen and oxygen atoms in total. The van der Waals surface area contributed by atoms with Gasteiger partial charge >= 0.3 is 0 Å². The minimum Gasteiger partial charge on any atom is -0.478 e. The maximum Gasteiger partial charge on any atom is 0.265 e. The molecule has 1 aromatic carbocycles. The number of nitrogens with zero attached hydrogens (tertiary/aromatic N) is 1. The summed E-state index contributed by atoms with van der Waals surface area (Å²) in [6.45, 7) is 5.88. The fourth-order valence-electron chi connectivity index (χ4n) is 4.49. The van der Waals surface area contributed by atoms with Crippen LogP contribution in [0.15, 0.2) is 39.8 Å². The molecule has 0 aliphatic carbocycles. The van der Waals surface area contributed by atoms with E-state index in [-0.39, 0.29) is 29.3 Å². The van der Waals surface area contributed by atoms with Crippen LogP contribution in [0.25, 0.3) is 0 Å². The minimum absolute atomic E-state index is 0.118. The van der Waals surface area contributed by atoms with Gasteiger partial charge in [-0.2, -0.15) is 4.31 Å². The fraction of sp³-hybridized carbons (Fsp3) is 0.500. The Labute approximate surface area is 199 Å². The third-order valence-corrected chi connectivity index (χ3v) is 8.32. The van der Waals surface area contributed by atoms with Gasteiger partial charge in [0.25, 0.3) is 5.91 Å². The number of rotatable bonds is 7. The first-order chi connectivity index (χ1) is 16.2. The molecule has 2 aliphatic heterocycles. The van der Waals surface area contributed by atoms with Crippen LogP contribution in [0.4, 0.5) is 5.69 Å². The molecular formula is C24H31N3O6S. The van der Waals surface area contributed by atoms with Crippen molar-refractivity contribution in [2.75, 3.05) is 18.4 Å². The Morgan fingerprint density at radius 1 is 1.35 bits per heavy atom. The molecule has 0 bridgehead atoms. The molecule has 10 heteroatoms. The average Bonchev–Trinajstić information content (AvgIpc) is 3.31. The lowest BCUT2D eigenvalue weighted by Crippen LogP contribution is -2.47. The molecule has 1 saturated heterocycles. The van der Waals surface area contributed by atoms with E-state index in [1.54, 1.807) is 25.3 Å². The zero-order valence-electron chi connectivity index (χ0n) is 19.7. The first-order valence-electron chi connectivity index (χ1n) is 11.6. The summed E-state index contributed by atoms with van der Waals surface area (Å²) in [7, 11) is -3.85. The van der Waals surface area contributed by atoms with Crippen molar-refractivity contribution in [3.8, 4) is 5.75 Å². The smallest absolute Gasteiger partial charge is 0.265 e. The predicted molar refractivity (Wildman–Crippen MR) is 126 cm³/mol. The van der Waals surface area contributed by atoms with E-state index in [1.165, 1.54) is 10.4 Å². The molecule has 2 N–H and O–H groups in total. The summed E-state index contributed by atoms with van der Waals surface area (Å²) < 4.78 is 39.6. The number of hydrogen-bond donors (Lipinski definition) is 2. The lowest BCUT2D eigenvalue weighted by molar-refractivity contribution is -0.126. The Bertz CT molecular complexity index is 1160. The number of carbonyl (C=O) groups is 2. The van der Waals surface area contributed by atoms with Gasteiger partial charge < -0.3 is 19.8 Å². The van der Waals surface area contributed by atoms with E-state index in [9.17, 15) is 18.0 Å². The number of amides is 2. The van der Waals surface area contributed by atoms with Crippen LogP contribution in [0.1, 0.15) is 44.4 Å². The van der Waals surface area contributed by atoms with Crippen molar-refractivity contribution in [3.05, 3.63) is 41.9 Å². The second kappa shape index (κ2) is 9.79. The van der Waals surface area contributed by atoms with Crippen molar-refractivity contribution >= 4 is 27.5 Å². The second-order valence-corrected chi connectivity index (χ2v) is 10.9. The highest BCUT2D eigenvalue weighted by molar-refractivity contribution is 7.89. The highest BCUT2D eigenvalue weighted by Crippen LogP contribution is 2.36. The molecule has 4 rings (SSSR count). The number of ether oxygens (including phenoxy) is 1. The number of hydrogen-bond acceptors (Lipinski definition) is 6. The number of furan rings is 1. The highest BCUT2D eigenvalue weighted by Gasteiger charge is 2.36. The molecule has 1 aromatic heterocycles. The molecule has 2 aliphatic rings. The van der Waals surface area contributed by atoms with Crippen molar-refractivity contribution < 1.29 is 27.2 Å². The van der Waals surface area contributed by atoms with Crippen molar-refractivity contribution in [1.82, 2.24) is 9.62 Å². The molecule has 0 saturated carbocycles. The first kappa shape index (κ1) is 24.3. The molecule has 2 aromatic rings. The Kier molecular flexibility index (Phi) is 6.99. The standard InChI is InChI=1S/C24H31N3O6S/c1-4-20-24(29)26-19-11-15(2)22(13-21(19)33-20)34(30,31)27-9-5-7-17(14-27)23(28)25-16(3)12-18-8-6-10-32-18/h6,8,10-11,13,16-17,20H,4-5,7,9,12,14H2,1-3H3,(H,25,28)(H,26,29)/t16-,17-,20-/m0/s1. The lowest BCUT2D eigenvalue weighted by Gasteiger charge is -2.33. The van der Waals surface area contributed by atoms with Gasteiger partial charge in [0.15, 0.2) is 6.10 Å². The van der Waals surface area contributed by atoms with Gasteiger partial charge in [-0.05, 0) is 56.9 Å². The third-order valence-electron chi connectivity index (χ3n) is 6.32. The quantitative estimate of drug-likeness (QED) is 0.618. The van der Waals surface area contributed by atoms with Crippen LogP contribution in [0.5, 0.6) is 5.75 Å². The third kappa shape index (κ3) is 4.97. The van der Waals surface area contributed by atoms with E-state index in [0.29, 0.717) is 49.2 Å². The van der Waals surface area contributed by atoms with Gasteiger partial charge in [-0.3, -0.25) is 9.59 Å². The van der Waals surface area contributed by atoms with Crippen LogP contribution < -0.4 is 15.4 Å². The van der Waals surface area contributed by atoms with Gasteiger partial charge in [0.2, 0.25) is 15.9 Å². The zero-order valence-corrected chi connectivity index (χ0v) is 20.5. The molecule has 3 heterocycles. The topological polar surface area (TPSA) is 118 Å². The molecule has 0 spiro atoms. The summed E-state index contributed by atoms with van der Waals surface area (Å²) in [5.74, 6) is 0.301. The van der Waals surface area contributed by atoms with Crippen LogP contribution in [0, 0.1) is 12.8 Å². The van der Waals surface area contributed by atoms with Crippen LogP contribution in [-0.4, -0.2) is 49.8 Å². The Hall–Kier alpha value is -2.85. The van der Waals surface area contributed by atoms with E-state index in [2.05, 4.69) is 10.6 Å². The van der Waals surface area contributed by atoms with Gasteiger partial charge in [-0.15, -0.1) is 0 Å². The zero-order chi connectivity index (χ0) is 24.5. The predicted octanol–water partition coefficient (Wildman–Crippen LogP) is 2.85. The molecule has 184 valence electrons. The molecular weight excluding hydrogens is 458 g/mol. The van der Waals surface area contributed by atoms with E-state index >= 15 is 0 Å². The number of fused-ring (bicyclic) bond motifs is 1. The van der Waals surface area contributed by atoms with Gasteiger partial charge in [-0.1, -0.05) is 6.92 Å². The normalized spacial score (nSPS) is 21.8. The highest BCUT2D eigenvalue weighted by atomic mass is 32.2. The number of aryl methyl sites for hydroxylation is 1. The number of piperidine rings is 1. The molecule has 0 radical (unpaired) electrons. The minimum atomic E-state index is -3.85. The van der Waals surface area contributed by atoms with Crippen LogP contribution in [0.2, 0.25) is 0 Å². The molecule has 2 amide bonds. The van der Waals surface area contributed by atoms with E-state index in [1.807, 2.05) is 19.9 Å². The van der Waals surface area contributed by atoms with Crippen molar-refractivity contribution in [3.63, 3.8) is 0 Å². The monoisotopic (exact) mass is 489 g/mol. The summed E-state index contributed by atoms with van der Waals surface area (Å²) in [4.78, 5) is 25.1. The summed E-state index contributed by atoms with van der Waals surface area (Å²) in [6, 6.07) is 6.63. The Morgan fingerprint density at radius 2 is 2.15 bits per heavy atom. The first-order valence-corrected chi connectivity index (χ1v) is 13.1. The fourth-order valence-corrected chi connectivity index (χ4v) is 6.23. The lowest BCUT2D eigenvalue weighted by atomic mass is 9.98. The average molecular weight is 490 g/mol. The van der Waals surface area contributed by atoms with E-state index in [0.717, 1.165) is 5.76 Å². The van der Waals surface area contributed by atoms with Crippen LogP contribution >= 0.6 is 0 Å². The van der Waals surface area contributed by atoms with Gasteiger partial charge in [0, 0.05) is 31.6 Å². The van der Waals surface area contributed by atoms with Crippen molar-refractivity contribution in [2.24, 2.45) is 5.92 Å². The molecule has 34 heavy (non-hydrogen) atoms. The molecule has 3 atom stereocenters. The molecule has 1 fully saturated rings. The summed E-state index contributed by atoms with van der Waals surface area (Å²) >= 11 is 0. The maximum absolute atomic E-state index is 13.6.